The van der Waals surface area contributed by atoms with E-state index in [0.29, 0.717) is 57.2 Å². The predicted octanol–water partition coefficient (Wildman–Crippen LogP) is 5.07. The summed E-state index contributed by atoms with van der Waals surface area (Å²) in [5.74, 6) is 0.451. The molecule has 0 aliphatic carbocycles. The lowest BCUT2D eigenvalue weighted by Crippen LogP contribution is -2.57. The van der Waals surface area contributed by atoms with Gasteiger partial charge in [-0.05, 0) is 42.0 Å². The number of piperazine rings is 1. The Kier molecular flexibility index (Phi) is 6.52. The molecule has 172 valence electrons. The summed E-state index contributed by atoms with van der Waals surface area (Å²) in [6.07, 6.45) is 3.24. The molecule has 1 amide bonds. The van der Waals surface area contributed by atoms with Crippen LogP contribution >= 0.6 is 34.8 Å². The zero-order valence-corrected chi connectivity index (χ0v) is 20.1. The third-order valence-corrected chi connectivity index (χ3v) is 6.59. The Balaban J connectivity index is 1.47. The lowest BCUT2D eigenvalue weighted by molar-refractivity contribution is -0.117. The first-order valence-corrected chi connectivity index (χ1v) is 11.7. The van der Waals surface area contributed by atoms with Crippen molar-refractivity contribution < 1.29 is 4.79 Å². The SMILES string of the molecule is O=C(Nc1cccc(Cl)c1)C1CNCCN1c1ncnc2cc(-c3ccc(Cl)c(Cl)c3)cnc12. The highest BCUT2D eigenvalue weighted by Gasteiger charge is 2.31. The van der Waals surface area contributed by atoms with Gasteiger partial charge in [0.25, 0.3) is 0 Å². The number of carbonyl (C=O) groups excluding carboxylic acids is 1. The smallest absolute Gasteiger partial charge is 0.248 e. The third-order valence-electron chi connectivity index (χ3n) is 5.62. The first-order chi connectivity index (χ1) is 16.5. The molecule has 0 radical (unpaired) electrons. The topological polar surface area (TPSA) is 83.0 Å². The zero-order chi connectivity index (χ0) is 23.7. The molecule has 10 heteroatoms. The van der Waals surface area contributed by atoms with Crippen molar-refractivity contribution in [3.05, 3.63) is 76.1 Å². The lowest BCUT2D eigenvalue weighted by atomic mass is 10.1. The number of benzene rings is 2. The van der Waals surface area contributed by atoms with Crippen LogP contribution in [-0.2, 0) is 4.79 Å². The Hall–Kier alpha value is -2.97. The Morgan fingerprint density at radius 2 is 1.88 bits per heavy atom. The molecule has 5 rings (SSSR count). The molecule has 0 spiro atoms. The van der Waals surface area contributed by atoms with E-state index in [1.54, 1.807) is 42.6 Å². The van der Waals surface area contributed by atoms with Gasteiger partial charge in [-0.25, -0.2) is 9.97 Å². The Morgan fingerprint density at radius 3 is 2.71 bits per heavy atom. The number of hydrogen-bond acceptors (Lipinski definition) is 6. The molecule has 0 saturated carbocycles. The summed E-state index contributed by atoms with van der Waals surface area (Å²) >= 11 is 18.3. The maximum absolute atomic E-state index is 13.2. The number of halogens is 3. The van der Waals surface area contributed by atoms with Crippen LogP contribution in [0.5, 0.6) is 0 Å². The minimum absolute atomic E-state index is 0.159. The molecular weight excluding hydrogens is 495 g/mol. The van der Waals surface area contributed by atoms with Gasteiger partial charge in [-0.2, -0.15) is 0 Å². The summed E-state index contributed by atoms with van der Waals surface area (Å²) < 4.78 is 0. The number of carbonyl (C=O) groups is 1. The van der Waals surface area contributed by atoms with Gasteiger partial charge in [-0.1, -0.05) is 46.9 Å². The van der Waals surface area contributed by atoms with Gasteiger partial charge in [0.1, 0.15) is 17.9 Å². The summed E-state index contributed by atoms with van der Waals surface area (Å²) in [7, 11) is 0. The highest BCUT2D eigenvalue weighted by molar-refractivity contribution is 6.42. The molecule has 0 bridgehead atoms. The van der Waals surface area contributed by atoms with Crippen molar-refractivity contribution in [2.24, 2.45) is 0 Å². The lowest BCUT2D eigenvalue weighted by Gasteiger charge is -2.36. The predicted molar refractivity (Wildman–Crippen MR) is 137 cm³/mol. The van der Waals surface area contributed by atoms with Crippen molar-refractivity contribution in [1.82, 2.24) is 20.3 Å². The molecule has 34 heavy (non-hydrogen) atoms. The molecular formula is C24H19Cl3N6O. The van der Waals surface area contributed by atoms with Gasteiger partial charge in [0.15, 0.2) is 5.82 Å². The van der Waals surface area contributed by atoms with Gasteiger partial charge in [-0.15, -0.1) is 0 Å². The second-order valence-corrected chi connectivity index (χ2v) is 9.08. The van der Waals surface area contributed by atoms with E-state index in [0.717, 1.165) is 11.1 Å². The fraction of sp³-hybridized carbons (Fsp3) is 0.167. The minimum Gasteiger partial charge on any atom is -0.340 e. The average Bonchev–Trinajstić information content (AvgIpc) is 2.85. The van der Waals surface area contributed by atoms with Gasteiger partial charge >= 0.3 is 0 Å². The van der Waals surface area contributed by atoms with Gasteiger partial charge in [-0.3, -0.25) is 9.78 Å². The van der Waals surface area contributed by atoms with E-state index in [-0.39, 0.29) is 5.91 Å². The van der Waals surface area contributed by atoms with Crippen molar-refractivity contribution >= 4 is 63.2 Å². The number of hydrogen-bond donors (Lipinski definition) is 2. The van der Waals surface area contributed by atoms with Gasteiger partial charge < -0.3 is 15.5 Å². The third kappa shape index (κ3) is 4.65. The number of anilines is 2. The number of pyridine rings is 1. The number of amides is 1. The second kappa shape index (κ2) is 9.72. The van der Waals surface area contributed by atoms with Gasteiger partial charge in [0.2, 0.25) is 5.91 Å². The van der Waals surface area contributed by atoms with Crippen molar-refractivity contribution in [2.45, 2.75) is 6.04 Å². The summed E-state index contributed by atoms with van der Waals surface area (Å²) in [4.78, 5) is 28.7. The molecule has 2 N–H and O–H groups in total. The van der Waals surface area contributed by atoms with Crippen LogP contribution in [0, 0.1) is 0 Å². The number of aromatic nitrogens is 3. The minimum atomic E-state index is -0.484. The maximum atomic E-state index is 13.2. The zero-order valence-electron chi connectivity index (χ0n) is 17.8. The van der Waals surface area contributed by atoms with Crippen LogP contribution in [0.25, 0.3) is 22.2 Å². The van der Waals surface area contributed by atoms with E-state index in [1.165, 1.54) is 6.33 Å². The van der Waals surface area contributed by atoms with E-state index in [9.17, 15) is 4.79 Å². The van der Waals surface area contributed by atoms with Crippen molar-refractivity contribution in [3.8, 4) is 11.1 Å². The molecule has 3 heterocycles. The van der Waals surface area contributed by atoms with Crippen LogP contribution in [0.4, 0.5) is 11.5 Å². The molecule has 2 aromatic carbocycles. The number of fused-ring (bicyclic) bond motifs is 1. The van der Waals surface area contributed by atoms with Crippen LogP contribution < -0.4 is 15.5 Å². The maximum Gasteiger partial charge on any atom is 0.248 e. The highest BCUT2D eigenvalue weighted by Crippen LogP contribution is 2.31. The van der Waals surface area contributed by atoms with Crippen LogP contribution in [-0.4, -0.2) is 46.5 Å². The summed E-state index contributed by atoms with van der Waals surface area (Å²) in [6.45, 7) is 1.78. The number of nitrogens with zero attached hydrogens (tertiary/aromatic N) is 4. The van der Waals surface area contributed by atoms with Gasteiger partial charge in [0.05, 0.1) is 15.6 Å². The molecule has 1 aliphatic rings. The van der Waals surface area contributed by atoms with E-state index in [2.05, 4.69) is 25.6 Å². The highest BCUT2D eigenvalue weighted by atomic mass is 35.5. The van der Waals surface area contributed by atoms with Crippen LogP contribution in [0.2, 0.25) is 15.1 Å². The standard InChI is InChI=1S/C24H19Cl3N6O/c25-16-2-1-3-17(10-16)32-24(34)21-12-28-6-7-33(21)23-22-20(30-13-31-23)9-15(11-29-22)14-4-5-18(26)19(27)8-14/h1-5,8-11,13,21,28H,6-7,12H2,(H,32,34). The van der Waals surface area contributed by atoms with Crippen LogP contribution in [0.1, 0.15) is 0 Å². The molecule has 1 atom stereocenters. The van der Waals surface area contributed by atoms with Gasteiger partial charge in [0, 0.05) is 42.1 Å². The molecule has 7 nitrogen and oxygen atoms in total. The molecule has 1 aliphatic heterocycles. The largest absolute Gasteiger partial charge is 0.340 e. The normalized spacial score (nSPS) is 16.0. The monoisotopic (exact) mass is 512 g/mol. The number of rotatable bonds is 4. The molecule has 4 aromatic rings. The molecule has 1 unspecified atom stereocenters. The summed E-state index contributed by atoms with van der Waals surface area (Å²) in [5.41, 5.74) is 3.66. The summed E-state index contributed by atoms with van der Waals surface area (Å²) in [5, 5.41) is 7.75. The average molecular weight is 514 g/mol. The number of nitrogens with one attached hydrogen (secondary N) is 2. The summed E-state index contributed by atoms with van der Waals surface area (Å²) in [6, 6.07) is 13.9. The van der Waals surface area contributed by atoms with E-state index < -0.39 is 6.04 Å². The Bertz CT molecular complexity index is 1380. The fourth-order valence-electron chi connectivity index (χ4n) is 3.96. The van der Waals surface area contributed by atoms with Crippen LogP contribution in [0.15, 0.2) is 61.1 Å². The first-order valence-electron chi connectivity index (χ1n) is 10.6. The molecule has 2 aromatic heterocycles. The Morgan fingerprint density at radius 1 is 1.00 bits per heavy atom. The molecule has 1 fully saturated rings. The first kappa shape index (κ1) is 22.8. The molecule has 1 saturated heterocycles. The fourth-order valence-corrected chi connectivity index (χ4v) is 4.45. The van der Waals surface area contributed by atoms with E-state index in [1.807, 2.05) is 17.0 Å². The van der Waals surface area contributed by atoms with E-state index in [4.69, 9.17) is 34.8 Å². The van der Waals surface area contributed by atoms with Crippen LogP contribution in [0.3, 0.4) is 0 Å². The van der Waals surface area contributed by atoms with Crippen molar-refractivity contribution in [1.29, 1.82) is 0 Å². The quantitative estimate of drug-likeness (QED) is 0.396. The van der Waals surface area contributed by atoms with Crippen molar-refractivity contribution in [2.75, 3.05) is 29.9 Å². The second-order valence-electron chi connectivity index (χ2n) is 7.83. The van der Waals surface area contributed by atoms with E-state index >= 15 is 0 Å². The van der Waals surface area contributed by atoms with Crippen molar-refractivity contribution in [3.63, 3.8) is 0 Å². The Labute approximate surface area is 211 Å².